The van der Waals surface area contributed by atoms with Crippen LogP contribution in [0.2, 0.25) is 0 Å². The fraction of sp³-hybridized carbons (Fsp3) is 0.208. The minimum atomic E-state index is -0.665. The maximum Gasteiger partial charge on any atom is 0.292 e. The van der Waals surface area contributed by atoms with Crippen LogP contribution in [0.4, 0.5) is 11.4 Å². The second-order valence-electron chi connectivity index (χ2n) is 8.04. The molecule has 2 heterocycles. The minimum Gasteiger partial charge on any atom is -0.319 e. The van der Waals surface area contributed by atoms with Gasteiger partial charge < -0.3 is 5.32 Å². The molecule has 0 aliphatic heterocycles. The summed E-state index contributed by atoms with van der Waals surface area (Å²) in [6.07, 6.45) is 2.16. The number of carbonyl (C=O) groups is 1. The number of hydrogen-bond donors (Lipinski definition) is 1. The number of nitrogens with zero attached hydrogens (tertiary/aromatic N) is 3. The number of nitro benzene ring substituents is 1. The van der Waals surface area contributed by atoms with Crippen LogP contribution in [0.15, 0.2) is 69.9 Å². The van der Waals surface area contributed by atoms with Crippen molar-refractivity contribution in [3.63, 3.8) is 0 Å². The number of amides is 1. The smallest absolute Gasteiger partial charge is 0.292 e. The monoisotopic (exact) mass is 492 g/mol. The molecule has 1 unspecified atom stereocenters. The van der Waals surface area contributed by atoms with E-state index < -0.39 is 16.1 Å². The van der Waals surface area contributed by atoms with Gasteiger partial charge in [-0.25, -0.2) is 4.98 Å². The number of carbonyl (C=O) groups excluding carboxylic acids is 1. The largest absolute Gasteiger partial charge is 0.319 e. The SMILES string of the molecule is CC(Sc1nc2scc(C3CC3)c2c(=O)n1-c1ccccc1)C(=O)Nc1ccccc1[N+](=O)[O-]. The molecule has 8 nitrogen and oxygen atoms in total. The summed E-state index contributed by atoms with van der Waals surface area (Å²) in [6.45, 7) is 1.69. The minimum absolute atomic E-state index is 0.126. The topological polar surface area (TPSA) is 107 Å². The van der Waals surface area contributed by atoms with E-state index in [1.807, 2.05) is 35.7 Å². The Morgan fingerprint density at radius 1 is 1.21 bits per heavy atom. The standard InChI is InChI=1S/C24H20N4O4S2/c1-14(21(29)25-18-9-5-6-10-19(18)28(31)32)34-24-26-22-20(17(13-33-22)15-11-12-15)23(30)27(24)16-7-3-2-4-8-16/h2-10,13-15H,11-12H2,1H3,(H,25,29). The van der Waals surface area contributed by atoms with E-state index in [9.17, 15) is 19.7 Å². The van der Waals surface area contributed by atoms with Crippen LogP contribution in [0.1, 0.15) is 31.2 Å². The Morgan fingerprint density at radius 2 is 1.91 bits per heavy atom. The number of rotatable bonds is 7. The van der Waals surface area contributed by atoms with Crippen LogP contribution in [0.3, 0.4) is 0 Å². The number of nitrogens with one attached hydrogen (secondary N) is 1. The molecular formula is C24H20N4O4S2. The zero-order valence-electron chi connectivity index (χ0n) is 18.1. The average Bonchev–Trinajstić information content (AvgIpc) is 3.59. The molecule has 1 N–H and O–H groups in total. The highest BCUT2D eigenvalue weighted by Crippen LogP contribution is 2.44. The second-order valence-corrected chi connectivity index (χ2v) is 10.2. The number of thiophene rings is 1. The third-order valence-electron chi connectivity index (χ3n) is 5.65. The van der Waals surface area contributed by atoms with Crippen molar-refractivity contribution in [1.29, 1.82) is 0 Å². The second kappa shape index (κ2) is 9.03. The summed E-state index contributed by atoms with van der Waals surface area (Å²) in [6, 6.07) is 15.2. The van der Waals surface area contributed by atoms with Crippen LogP contribution in [0, 0.1) is 10.1 Å². The van der Waals surface area contributed by atoms with Gasteiger partial charge in [0.25, 0.3) is 11.2 Å². The Bertz CT molecular complexity index is 1460. The Kier molecular flexibility index (Phi) is 5.93. The molecule has 2 aromatic heterocycles. The highest BCUT2D eigenvalue weighted by Gasteiger charge is 2.30. The quantitative estimate of drug-likeness (QED) is 0.161. The van der Waals surface area contributed by atoms with Gasteiger partial charge in [0.2, 0.25) is 5.91 Å². The number of nitro groups is 1. The van der Waals surface area contributed by atoms with E-state index >= 15 is 0 Å². The van der Waals surface area contributed by atoms with E-state index in [4.69, 9.17) is 4.98 Å². The molecule has 0 spiro atoms. The summed E-state index contributed by atoms with van der Waals surface area (Å²) in [5.74, 6) is -0.00422. The van der Waals surface area contributed by atoms with Gasteiger partial charge in [0.15, 0.2) is 5.16 Å². The molecule has 5 rings (SSSR count). The molecule has 4 aromatic rings. The molecule has 1 fully saturated rings. The van der Waals surface area contributed by atoms with Crippen molar-refractivity contribution in [2.75, 3.05) is 5.32 Å². The van der Waals surface area contributed by atoms with E-state index in [1.54, 1.807) is 23.6 Å². The van der Waals surface area contributed by atoms with Crippen LogP contribution in [-0.4, -0.2) is 25.6 Å². The normalized spacial score (nSPS) is 14.1. The number of benzene rings is 2. The molecule has 1 aliphatic carbocycles. The Hall–Kier alpha value is -3.50. The van der Waals surface area contributed by atoms with Crippen molar-refractivity contribution in [1.82, 2.24) is 9.55 Å². The van der Waals surface area contributed by atoms with Gasteiger partial charge in [0, 0.05) is 6.07 Å². The van der Waals surface area contributed by atoms with Crippen molar-refractivity contribution < 1.29 is 9.72 Å². The number of para-hydroxylation sites is 3. The van der Waals surface area contributed by atoms with Gasteiger partial charge in [0.05, 0.1) is 21.2 Å². The van der Waals surface area contributed by atoms with Gasteiger partial charge in [-0.2, -0.15) is 0 Å². The molecule has 0 radical (unpaired) electrons. The van der Waals surface area contributed by atoms with Crippen molar-refractivity contribution >= 4 is 50.6 Å². The predicted octanol–water partition coefficient (Wildman–Crippen LogP) is 5.35. The predicted molar refractivity (Wildman–Crippen MR) is 134 cm³/mol. The number of anilines is 1. The van der Waals surface area contributed by atoms with Gasteiger partial charge in [-0.1, -0.05) is 42.1 Å². The Morgan fingerprint density at radius 3 is 2.62 bits per heavy atom. The van der Waals surface area contributed by atoms with Crippen LogP contribution in [0.25, 0.3) is 15.9 Å². The summed E-state index contributed by atoms with van der Waals surface area (Å²) < 4.78 is 1.56. The summed E-state index contributed by atoms with van der Waals surface area (Å²) in [4.78, 5) is 42.8. The third kappa shape index (κ3) is 4.22. The fourth-order valence-corrected chi connectivity index (χ4v) is 5.75. The van der Waals surface area contributed by atoms with Crippen LogP contribution >= 0.6 is 23.1 Å². The summed E-state index contributed by atoms with van der Waals surface area (Å²) in [5, 5.41) is 16.3. The van der Waals surface area contributed by atoms with Crippen LogP contribution in [0.5, 0.6) is 0 Å². The number of fused-ring (bicyclic) bond motifs is 1. The first-order chi connectivity index (χ1) is 16.4. The van der Waals surface area contributed by atoms with Crippen molar-refractivity contribution in [3.8, 4) is 5.69 Å². The Balaban J connectivity index is 1.51. The molecule has 172 valence electrons. The summed E-state index contributed by atoms with van der Waals surface area (Å²) in [5.41, 5.74) is 1.53. The highest BCUT2D eigenvalue weighted by molar-refractivity contribution is 8.00. The zero-order chi connectivity index (χ0) is 23.8. The molecule has 0 saturated heterocycles. The lowest BCUT2D eigenvalue weighted by atomic mass is 10.1. The lowest BCUT2D eigenvalue weighted by Crippen LogP contribution is -2.26. The van der Waals surface area contributed by atoms with Crippen LogP contribution in [-0.2, 0) is 4.79 Å². The van der Waals surface area contributed by atoms with E-state index in [0.29, 0.717) is 27.0 Å². The highest BCUT2D eigenvalue weighted by atomic mass is 32.2. The van der Waals surface area contributed by atoms with E-state index in [2.05, 4.69) is 5.32 Å². The molecular weight excluding hydrogens is 472 g/mol. The van der Waals surface area contributed by atoms with Gasteiger partial charge in [-0.15, -0.1) is 11.3 Å². The maximum absolute atomic E-state index is 13.7. The molecule has 1 atom stereocenters. The lowest BCUT2D eigenvalue weighted by molar-refractivity contribution is -0.383. The van der Waals surface area contributed by atoms with E-state index in [0.717, 1.165) is 30.2 Å². The van der Waals surface area contributed by atoms with Crippen molar-refractivity contribution in [2.24, 2.45) is 0 Å². The van der Waals surface area contributed by atoms with Crippen molar-refractivity contribution in [2.45, 2.75) is 36.1 Å². The first-order valence-corrected chi connectivity index (χ1v) is 12.5. The zero-order valence-corrected chi connectivity index (χ0v) is 19.8. The Labute approximate surface area is 202 Å². The van der Waals surface area contributed by atoms with E-state index in [-0.39, 0.29) is 16.9 Å². The van der Waals surface area contributed by atoms with Crippen LogP contribution < -0.4 is 10.9 Å². The van der Waals surface area contributed by atoms with Gasteiger partial charge in [-0.05, 0) is 54.8 Å². The van der Waals surface area contributed by atoms with Crippen molar-refractivity contribution in [3.05, 3.63) is 86.0 Å². The number of hydrogen-bond acceptors (Lipinski definition) is 7. The summed E-state index contributed by atoms with van der Waals surface area (Å²) in [7, 11) is 0. The summed E-state index contributed by atoms with van der Waals surface area (Å²) >= 11 is 2.59. The van der Waals surface area contributed by atoms with Gasteiger partial charge >= 0.3 is 0 Å². The van der Waals surface area contributed by atoms with Gasteiger partial charge in [-0.3, -0.25) is 24.3 Å². The number of thioether (sulfide) groups is 1. The molecule has 2 aromatic carbocycles. The third-order valence-corrected chi connectivity index (χ3v) is 7.59. The first-order valence-electron chi connectivity index (χ1n) is 10.7. The van der Waals surface area contributed by atoms with Gasteiger partial charge in [0.1, 0.15) is 10.5 Å². The maximum atomic E-state index is 13.7. The molecule has 0 bridgehead atoms. The lowest BCUT2D eigenvalue weighted by Gasteiger charge is -2.16. The first kappa shape index (κ1) is 22.3. The average molecular weight is 493 g/mol. The molecule has 1 saturated carbocycles. The molecule has 34 heavy (non-hydrogen) atoms. The molecule has 10 heteroatoms. The fourth-order valence-electron chi connectivity index (χ4n) is 3.76. The van der Waals surface area contributed by atoms with E-state index in [1.165, 1.54) is 23.5 Å². The molecule has 1 aliphatic rings. The number of aromatic nitrogens is 2. The molecule has 1 amide bonds.